The van der Waals surface area contributed by atoms with Crippen LogP contribution in [0.5, 0.6) is 0 Å². The number of benzene rings is 1. The van der Waals surface area contributed by atoms with Crippen LogP contribution in [0, 0.1) is 22.7 Å². The minimum atomic E-state index is -0.0917. The molecule has 0 heterocycles. The van der Waals surface area contributed by atoms with Gasteiger partial charge in [0.15, 0.2) is 0 Å². The minimum absolute atomic E-state index is 0.0917. The first kappa shape index (κ1) is 13.1. The van der Waals surface area contributed by atoms with Gasteiger partial charge in [0, 0.05) is 0 Å². The molecule has 0 amide bonds. The molecule has 0 aromatic heterocycles. The van der Waals surface area contributed by atoms with Gasteiger partial charge >= 0.3 is 0 Å². The molecule has 96 valence electrons. The quantitative estimate of drug-likeness (QED) is 0.747. The van der Waals surface area contributed by atoms with Gasteiger partial charge in [-0.25, -0.2) is 0 Å². The summed E-state index contributed by atoms with van der Waals surface area (Å²) in [5.41, 5.74) is 1.22. The Labute approximate surface area is 111 Å². The summed E-state index contributed by atoms with van der Waals surface area (Å²) in [4.78, 5) is 0. The van der Waals surface area contributed by atoms with Gasteiger partial charge in [0.1, 0.15) is 0 Å². The van der Waals surface area contributed by atoms with E-state index in [0.717, 1.165) is 25.2 Å². The van der Waals surface area contributed by atoms with Crippen LogP contribution in [0.2, 0.25) is 0 Å². The molecule has 1 aliphatic carbocycles. The molecule has 0 unspecified atom stereocenters. The SMILES string of the molecule is CCCC1CCC(C#N)(Cc2ccccc2)CC1. The van der Waals surface area contributed by atoms with Crippen LogP contribution in [0.25, 0.3) is 0 Å². The summed E-state index contributed by atoms with van der Waals surface area (Å²) in [5, 5.41) is 9.57. The molecule has 1 heteroatoms. The van der Waals surface area contributed by atoms with Crippen LogP contribution in [0.15, 0.2) is 30.3 Å². The predicted molar refractivity (Wildman–Crippen MR) is 75.1 cm³/mol. The van der Waals surface area contributed by atoms with Gasteiger partial charge in [0.25, 0.3) is 0 Å². The van der Waals surface area contributed by atoms with Crippen molar-refractivity contribution in [3.63, 3.8) is 0 Å². The first-order valence-corrected chi connectivity index (χ1v) is 7.23. The Morgan fingerprint density at radius 3 is 2.44 bits per heavy atom. The molecule has 0 spiro atoms. The van der Waals surface area contributed by atoms with Crippen molar-refractivity contribution in [1.29, 1.82) is 5.26 Å². The van der Waals surface area contributed by atoms with E-state index in [2.05, 4.69) is 37.3 Å². The third-order valence-corrected chi connectivity index (χ3v) is 4.38. The minimum Gasteiger partial charge on any atom is -0.198 e. The lowest BCUT2D eigenvalue weighted by Crippen LogP contribution is -2.28. The molecule has 0 saturated heterocycles. The molecular formula is C17H23N. The lowest BCUT2D eigenvalue weighted by Gasteiger charge is -2.35. The van der Waals surface area contributed by atoms with Crippen molar-refractivity contribution in [2.75, 3.05) is 0 Å². The Bertz CT molecular complexity index is 393. The maximum absolute atomic E-state index is 9.57. The summed E-state index contributed by atoms with van der Waals surface area (Å²) in [6, 6.07) is 13.1. The fraction of sp³-hybridized carbons (Fsp3) is 0.588. The first-order valence-electron chi connectivity index (χ1n) is 7.23. The molecule has 1 nitrogen and oxygen atoms in total. The molecule has 0 aliphatic heterocycles. The van der Waals surface area contributed by atoms with Gasteiger partial charge in [0.05, 0.1) is 11.5 Å². The molecule has 1 saturated carbocycles. The molecule has 0 radical (unpaired) electrons. The summed E-state index contributed by atoms with van der Waals surface area (Å²) in [5.74, 6) is 0.868. The van der Waals surface area contributed by atoms with Gasteiger partial charge in [-0.05, 0) is 43.6 Å². The summed E-state index contributed by atoms with van der Waals surface area (Å²) in [6.45, 7) is 2.26. The number of hydrogen-bond donors (Lipinski definition) is 0. The second-order valence-corrected chi connectivity index (χ2v) is 5.79. The molecule has 1 fully saturated rings. The topological polar surface area (TPSA) is 23.8 Å². The van der Waals surface area contributed by atoms with Crippen molar-refractivity contribution in [2.24, 2.45) is 11.3 Å². The first-order chi connectivity index (χ1) is 8.78. The van der Waals surface area contributed by atoms with E-state index in [1.807, 2.05) is 6.07 Å². The van der Waals surface area contributed by atoms with E-state index in [4.69, 9.17) is 0 Å². The van der Waals surface area contributed by atoms with Crippen molar-refractivity contribution < 1.29 is 0 Å². The number of hydrogen-bond acceptors (Lipinski definition) is 1. The van der Waals surface area contributed by atoms with E-state index < -0.39 is 0 Å². The standard InChI is InChI=1S/C17H23N/c1-2-6-15-9-11-17(14-18,12-10-15)13-16-7-4-3-5-8-16/h3-5,7-8,15H,2,6,9-13H2,1H3. The van der Waals surface area contributed by atoms with Crippen LogP contribution in [0.3, 0.4) is 0 Å². The van der Waals surface area contributed by atoms with Gasteiger partial charge in [0.2, 0.25) is 0 Å². The molecule has 1 aliphatic rings. The number of nitrogens with zero attached hydrogens (tertiary/aromatic N) is 1. The molecular weight excluding hydrogens is 218 g/mol. The maximum Gasteiger partial charge on any atom is 0.0693 e. The van der Waals surface area contributed by atoms with Crippen molar-refractivity contribution in [2.45, 2.75) is 51.9 Å². The third-order valence-electron chi connectivity index (χ3n) is 4.38. The smallest absolute Gasteiger partial charge is 0.0693 e. The van der Waals surface area contributed by atoms with Gasteiger partial charge in [-0.1, -0.05) is 50.1 Å². The molecule has 1 aromatic rings. The highest BCUT2D eigenvalue weighted by molar-refractivity contribution is 5.19. The van der Waals surface area contributed by atoms with E-state index in [1.54, 1.807) is 0 Å². The molecule has 0 N–H and O–H groups in total. The van der Waals surface area contributed by atoms with Gasteiger partial charge in [-0.3, -0.25) is 0 Å². The fourth-order valence-corrected chi connectivity index (χ4v) is 3.24. The van der Waals surface area contributed by atoms with Gasteiger partial charge < -0.3 is 0 Å². The fourth-order valence-electron chi connectivity index (χ4n) is 3.24. The Hall–Kier alpha value is -1.29. The lowest BCUT2D eigenvalue weighted by molar-refractivity contribution is 0.201. The van der Waals surface area contributed by atoms with Crippen molar-refractivity contribution in [1.82, 2.24) is 0 Å². The Balaban J connectivity index is 1.99. The highest BCUT2D eigenvalue weighted by atomic mass is 14.4. The Kier molecular flexibility index (Phi) is 4.42. The van der Waals surface area contributed by atoms with Crippen molar-refractivity contribution >= 4 is 0 Å². The van der Waals surface area contributed by atoms with E-state index in [1.165, 1.54) is 31.2 Å². The zero-order chi connectivity index (χ0) is 12.8. The predicted octanol–water partition coefficient (Wildman–Crippen LogP) is 4.73. The molecule has 2 rings (SSSR count). The van der Waals surface area contributed by atoms with E-state index in [-0.39, 0.29) is 5.41 Å². The van der Waals surface area contributed by atoms with Crippen LogP contribution < -0.4 is 0 Å². The highest BCUT2D eigenvalue weighted by Crippen LogP contribution is 2.42. The highest BCUT2D eigenvalue weighted by Gasteiger charge is 2.35. The van der Waals surface area contributed by atoms with E-state index in [9.17, 15) is 5.26 Å². The Morgan fingerprint density at radius 2 is 1.89 bits per heavy atom. The van der Waals surface area contributed by atoms with Crippen LogP contribution >= 0.6 is 0 Å². The average Bonchev–Trinajstić information content (AvgIpc) is 2.43. The molecule has 1 aromatic carbocycles. The summed E-state index contributed by atoms with van der Waals surface area (Å²) < 4.78 is 0. The van der Waals surface area contributed by atoms with Crippen molar-refractivity contribution in [3.8, 4) is 6.07 Å². The van der Waals surface area contributed by atoms with Crippen LogP contribution in [0.1, 0.15) is 51.0 Å². The summed E-state index contributed by atoms with van der Waals surface area (Å²) in [6.07, 6.45) is 8.22. The zero-order valence-electron chi connectivity index (χ0n) is 11.4. The lowest BCUT2D eigenvalue weighted by atomic mass is 9.67. The van der Waals surface area contributed by atoms with Crippen molar-refractivity contribution in [3.05, 3.63) is 35.9 Å². The van der Waals surface area contributed by atoms with Crippen LogP contribution in [-0.2, 0) is 6.42 Å². The Morgan fingerprint density at radius 1 is 1.22 bits per heavy atom. The number of rotatable bonds is 4. The van der Waals surface area contributed by atoms with E-state index >= 15 is 0 Å². The van der Waals surface area contributed by atoms with Gasteiger partial charge in [-0.2, -0.15) is 5.26 Å². The average molecular weight is 241 g/mol. The monoisotopic (exact) mass is 241 g/mol. The second-order valence-electron chi connectivity index (χ2n) is 5.79. The number of nitriles is 1. The summed E-state index contributed by atoms with van der Waals surface area (Å²) in [7, 11) is 0. The second kappa shape index (κ2) is 6.05. The third kappa shape index (κ3) is 3.13. The maximum atomic E-state index is 9.57. The zero-order valence-corrected chi connectivity index (χ0v) is 11.4. The normalized spacial score (nSPS) is 27.7. The van der Waals surface area contributed by atoms with E-state index in [0.29, 0.717) is 0 Å². The largest absolute Gasteiger partial charge is 0.198 e. The summed E-state index contributed by atoms with van der Waals surface area (Å²) >= 11 is 0. The van der Waals surface area contributed by atoms with Gasteiger partial charge in [-0.15, -0.1) is 0 Å². The van der Waals surface area contributed by atoms with Crippen LogP contribution in [0.4, 0.5) is 0 Å². The molecule has 0 bridgehead atoms. The molecule has 18 heavy (non-hydrogen) atoms. The molecule has 0 atom stereocenters. The van der Waals surface area contributed by atoms with Crippen LogP contribution in [-0.4, -0.2) is 0 Å².